The van der Waals surface area contributed by atoms with Crippen molar-refractivity contribution in [2.75, 3.05) is 6.61 Å². The van der Waals surface area contributed by atoms with E-state index in [0.717, 1.165) is 5.56 Å². The lowest BCUT2D eigenvalue weighted by atomic mass is 10.1. The smallest absolute Gasteiger partial charge is 0.281 e. The minimum absolute atomic E-state index is 0.163. The second-order valence-corrected chi connectivity index (χ2v) is 5.34. The van der Waals surface area contributed by atoms with Crippen molar-refractivity contribution in [3.8, 4) is 5.75 Å². The molecule has 0 aliphatic heterocycles. The molecule has 0 saturated carbocycles. The molecule has 3 N–H and O–H groups in total. The summed E-state index contributed by atoms with van der Waals surface area (Å²) in [5.74, 6) is -0.230. The number of amides is 2. The topological polar surface area (TPSA) is 93.8 Å². The molecule has 0 radical (unpaired) electrons. The Morgan fingerprint density at radius 3 is 2.59 bits per heavy atom. The molecule has 0 aliphatic rings. The highest BCUT2D eigenvalue weighted by Gasteiger charge is 2.05. The van der Waals surface area contributed by atoms with E-state index in [-0.39, 0.29) is 12.5 Å². The Morgan fingerprint density at radius 2 is 2.00 bits per heavy atom. The number of hydrazone groups is 1. The summed E-state index contributed by atoms with van der Waals surface area (Å²) in [4.78, 5) is 23.0. The highest BCUT2D eigenvalue weighted by Crippen LogP contribution is 2.13. The molecule has 1 aromatic heterocycles. The van der Waals surface area contributed by atoms with E-state index in [0.29, 0.717) is 16.3 Å². The Balaban J connectivity index is 1.96. The molecule has 1 heterocycles. The van der Waals surface area contributed by atoms with Gasteiger partial charge in [0.25, 0.3) is 11.8 Å². The van der Waals surface area contributed by atoms with Gasteiger partial charge in [-0.15, -0.1) is 11.3 Å². The second-order valence-electron chi connectivity index (χ2n) is 4.39. The van der Waals surface area contributed by atoms with Gasteiger partial charge in [-0.25, -0.2) is 5.43 Å². The van der Waals surface area contributed by atoms with Crippen molar-refractivity contribution in [3.05, 3.63) is 52.2 Å². The van der Waals surface area contributed by atoms with Crippen LogP contribution in [0.5, 0.6) is 5.75 Å². The number of hydrogen-bond acceptors (Lipinski definition) is 5. The van der Waals surface area contributed by atoms with Gasteiger partial charge >= 0.3 is 0 Å². The van der Waals surface area contributed by atoms with Gasteiger partial charge in [0.15, 0.2) is 6.61 Å². The molecule has 0 atom stereocenters. The summed E-state index contributed by atoms with van der Waals surface area (Å²) < 4.78 is 5.17. The van der Waals surface area contributed by atoms with Crippen molar-refractivity contribution in [1.82, 2.24) is 5.43 Å². The van der Waals surface area contributed by atoms with Gasteiger partial charge in [-0.3, -0.25) is 9.59 Å². The molecule has 22 heavy (non-hydrogen) atoms. The van der Waals surface area contributed by atoms with Gasteiger partial charge in [0.2, 0.25) is 0 Å². The molecule has 0 fully saturated rings. The van der Waals surface area contributed by atoms with Crippen LogP contribution in [0.15, 0.2) is 46.9 Å². The van der Waals surface area contributed by atoms with Gasteiger partial charge in [0.1, 0.15) is 5.75 Å². The van der Waals surface area contributed by atoms with Crippen molar-refractivity contribution in [2.45, 2.75) is 6.92 Å². The molecular formula is C15H15N3O3S. The second kappa shape index (κ2) is 7.37. The first-order valence-corrected chi connectivity index (χ1v) is 7.34. The quantitative estimate of drug-likeness (QED) is 0.628. The highest BCUT2D eigenvalue weighted by molar-refractivity contribution is 7.12. The van der Waals surface area contributed by atoms with E-state index in [4.69, 9.17) is 10.5 Å². The molecule has 2 amide bonds. The van der Waals surface area contributed by atoms with E-state index in [9.17, 15) is 9.59 Å². The van der Waals surface area contributed by atoms with Crippen LogP contribution in [0.4, 0.5) is 0 Å². The molecule has 0 aliphatic carbocycles. The molecule has 0 bridgehead atoms. The van der Waals surface area contributed by atoms with Crippen molar-refractivity contribution in [1.29, 1.82) is 0 Å². The minimum atomic E-state index is -0.530. The summed E-state index contributed by atoms with van der Waals surface area (Å²) in [6.07, 6.45) is 0. The number of nitrogens with one attached hydrogen (secondary N) is 1. The summed E-state index contributed by atoms with van der Waals surface area (Å²) >= 11 is 1.35. The predicted molar refractivity (Wildman–Crippen MR) is 85.1 cm³/mol. The number of nitrogens with zero attached hydrogens (tertiary/aromatic N) is 1. The Morgan fingerprint density at radius 1 is 1.27 bits per heavy atom. The van der Waals surface area contributed by atoms with Crippen LogP contribution in [0.3, 0.4) is 0 Å². The fourth-order valence-corrected chi connectivity index (χ4v) is 2.22. The molecule has 0 saturated heterocycles. The third-order valence-corrected chi connectivity index (χ3v) is 3.59. The number of carbonyl (C=O) groups excluding carboxylic acids is 2. The Bertz CT molecular complexity index is 679. The summed E-state index contributed by atoms with van der Waals surface area (Å²) in [5.41, 5.74) is 9.00. The number of ether oxygens (including phenoxy) is 1. The summed E-state index contributed by atoms with van der Waals surface area (Å²) in [6.45, 7) is 1.62. The molecular weight excluding hydrogens is 302 g/mol. The Labute approximate surface area is 131 Å². The molecule has 2 rings (SSSR count). The van der Waals surface area contributed by atoms with Crippen LogP contribution in [0.25, 0.3) is 0 Å². The molecule has 1 aromatic carbocycles. The van der Waals surface area contributed by atoms with E-state index < -0.39 is 5.91 Å². The monoisotopic (exact) mass is 317 g/mol. The zero-order valence-corrected chi connectivity index (χ0v) is 12.7. The SMILES string of the molecule is CC(=NNC(=O)c1cccs1)c1ccc(OCC(N)=O)cc1. The van der Waals surface area contributed by atoms with Gasteiger partial charge in [-0.1, -0.05) is 6.07 Å². The van der Waals surface area contributed by atoms with Crippen molar-refractivity contribution < 1.29 is 14.3 Å². The molecule has 0 spiro atoms. The standard InChI is InChI=1S/C15H15N3O3S/c1-10(17-18-15(20)13-3-2-8-22-13)11-4-6-12(7-5-11)21-9-14(16)19/h2-8H,9H2,1H3,(H2,16,19)(H,18,20). The maximum atomic E-state index is 11.8. The first-order valence-electron chi connectivity index (χ1n) is 6.46. The number of primary amides is 1. The Hall–Kier alpha value is -2.67. The number of hydrogen-bond donors (Lipinski definition) is 2. The summed E-state index contributed by atoms with van der Waals surface area (Å²) in [6, 6.07) is 10.5. The van der Waals surface area contributed by atoms with Crippen LogP contribution >= 0.6 is 11.3 Å². The van der Waals surface area contributed by atoms with Crippen LogP contribution in [0, 0.1) is 0 Å². The maximum absolute atomic E-state index is 11.8. The van der Waals surface area contributed by atoms with E-state index in [1.807, 2.05) is 5.38 Å². The number of carbonyl (C=O) groups is 2. The number of rotatable bonds is 6. The zero-order valence-electron chi connectivity index (χ0n) is 11.9. The van der Waals surface area contributed by atoms with Crippen molar-refractivity contribution >= 4 is 28.9 Å². The molecule has 2 aromatic rings. The van der Waals surface area contributed by atoms with Gasteiger partial charge in [0, 0.05) is 0 Å². The molecule has 114 valence electrons. The van der Waals surface area contributed by atoms with Crippen molar-refractivity contribution in [3.63, 3.8) is 0 Å². The third-order valence-electron chi connectivity index (χ3n) is 2.72. The fourth-order valence-electron chi connectivity index (χ4n) is 1.61. The Kier molecular flexibility index (Phi) is 5.26. The lowest BCUT2D eigenvalue weighted by molar-refractivity contribution is -0.119. The minimum Gasteiger partial charge on any atom is -0.484 e. The zero-order chi connectivity index (χ0) is 15.9. The van der Waals surface area contributed by atoms with Gasteiger partial charge < -0.3 is 10.5 Å². The summed E-state index contributed by atoms with van der Waals surface area (Å²) in [7, 11) is 0. The maximum Gasteiger partial charge on any atom is 0.281 e. The lowest BCUT2D eigenvalue weighted by Crippen LogP contribution is -2.20. The van der Waals surface area contributed by atoms with Crippen LogP contribution < -0.4 is 15.9 Å². The lowest BCUT2D eigenvalue weighted by Gasteiger charge is -2.05. The fraction of sp³-hybridized carbons (Fsp3) is 0.133. The average Bonchev–Trinajstić information content (AvgIpc) is 3.05. The van der Waals surface area contributed by atoms with Gasteiger partial charge in [-0.2, -0.15) is 5.10 Å². The normalized spacial score (nSPS) is 11.0. The molecule has 6 nitrogen and oxygen atoms in total. The number of nitrogens with two attached hydrogens (primary N) is 1. The molecule has 0 unspecified atom stereocenters. The first kappa shape index (κ1) is 15.7. The van der Waals surface area contributed by atoms with E-state index >= 15 is 0 Å². The number of thiophene rings is 1. The van der Waals surface area contributed by atoms with Crippen LogP contribution in [-0.4, -0.2) is 24.1 Å². The largest absolute Gasteiger partial charge is 0.484 e. The van der Waals surface area contributed by atoms with Gasteiger partial charge in [-0.05, 0) is 48.2 Å². The van der Waals surface area contributed by atoms with Crippen molar-refractivity contribution in [2.24, 2.45) is 10.8 Å². The third kappa shape index (κ3) is 4.42. The van der Waals surface area contributed by atoms with Crippen LogP contribution in [0.2, 0.25) is 0 Å². The van der Waals surface area contributed by atoms with Crippen LogP contribution in [-0.2, 0) is 4.79 Å². The summed E-state index contributed by atoms with van der Waals surface area (Å²) in [5, 5.41) is 5.89. The predicted octanol–water partition coefficient (Wildman–Crippen LogP) is 1.77. The molecule has 7 heteroatoms. The average molecular weight is 317 g/mol. The van der Waals surface area contributed by atoms with E-state index in [2.05, 4.69) is 10.5 Å². The number of benzene rings is 1. The van der Waals surface area contributed by atoms with E-state index in [1.54, 1.807) is 43.3 Å². The first-order chi connectivity index (χ1) is 10.6. The highest BCUT2D eigenvalue weighted by atomic mass is 32.1. The van der Waals surface area contributed by atoms with Gasteiger partial charge in [0.05, 0.1) is 10.6 Å². The van der Waals surface area contributed by atoms with E-state index in [1.165, 1.54) is 11.3 Å². The van der Waals surface area contributed by atoms with Crippen LogP contribution in [0.1, 0.15) is 22.2 Å².